The number of ether oxygens (including phenoxy) is 3. The highest BCUT2D eigenvalue weighted by Crippen LogP contribution is 2.30. The van der Waals surface area contributed by atoms with Gasteiger partial charge in [-0.15, -0.1) is 0 Å². The van der Waals surface area contributed by atoms with Gasteiger partial charge in [-0.1, -0.05) is 29.8 Å². The van der Waals surface area contributed by atoms with Gasteiger partial charge in [-0.05, 0) is 55.8 Å². The van der Waals surface area contributed by atoms with Crippen molar-refractivity contribution in [3.63, 3.8) is 0 Å². The molecule has 3 rings (SSSR count). The van der Waals surface area contributed by atoms with E-state index in [-0.39, 0.29) is 22.9 Å². The summed E-state index contributed by atoms with van der Waals surface area (Å²) in [5.41, 5.74) is 1.71. The molecule has 0 atom stereocenters. The van der Waals surface area contributed by atoms with Crippen molar-refractivity contribution in [3.05, 3.63) is 72.3 Å². The molecule has 8 nitrogen and oxygen atoms in total. The molecule has 0 bridgehead atoms. The molecule has 0 heterocycles. The molecule has 3 aromatic rings. The Morgan fingerprint density at radius 3 is 2.26 bits per heavy atom. The molecule has 0 fully saturated rings. The number of carbonyl (C=O) groups is 1. The maximum Gasteiger partial charge on any atom is 0.262 e. The molecular weight excluding hydrogens is 456 g/mol. The number of nitrogens with one attached hydrogen (secondary N) is 2. The van der Waals surface area contributed by atoms with Gasteiger partial charge in [-0.3, -0.25) is 9.52 Å². The summed E-state index contributed by atoms with van der Waals surface area (Å²) >= 11 is 0. The van der Waals surface area contributed by atoms with Crippen LogP contribution in [0, 0.1) is 6.92 Å². The Hall–Kier alpha value is -3.72. The Morgan fingerprint density at radius 1 is 0.882 bits per heavy atom. The van der Waals surface area contributed by atoms with Crippen LogP contribution in [-0.4, -0.2) is 35.2 Å². The largest absolute Gasteiger partial charge is 0.495 e. The number of methoxy groups -OCH3 is 2. The fourth-order valence-corrected chi connectivity index (χ4v) is 4.25. The summed E-state index contributed by atoms with van der Waals surface area (Å²) in [4.78, 5) is 12.4. The number of hydrogen-bond acceptors (Lipinski definition) is 6. The van der Waals surface area contributed by atoms with Crippen molar-refractivity contribution in [2.24, 2.45) is 0 Å². The zero-order valence-electron chi connectivity index (χ0n) is 19.3. The molecule has 0 radical (unpaired) electrons. The predicted molar refractivity (Wildman–Crippen MR) is 131 cm³/mol. The number of sulfonamides is 1. The first-order valence-electron chi connectivity index (χ1n) is 10.7. The number of rotatable bonds is 11. The van der Waals surface area contributed by atoms with E-state index in [1.807, 2.05) is 31.2 Å². The van der Waals surface area contributed by atoms with E-state index in [1.165, 1.54) is 32.4 Å². The molecule has 0 aliphatic carbocycles. The van der Waals surface area contributed by atoms with Crippen molar-refractivity contribution in [3.8, 4) is 17.2 Å². The molecule has 34 heavy (non-hydrogen) atoms. The van der Waals surface area contributed by atoms with Crippen LogP contribution in [-0.2, 0) is 14.8 Å². The van der Waals surface area contributed by atoms with E-state index >= 15 is 0 Å². The van der Waals surface area contributed by atoms with Gasteiger partial charge in [0, 0.05) is 6.42 Å². The summed E-state index contributed by atoms with van der Waals surface area (Å²) in [7, 11) is -1.04. The second-order valence-corrected chi connectivity index (χ2v) is 9.16. The number of aryl methyl sites for hydroxylation is 1. The van der Waals surface area contributed by atoms with E-state index in [0.717, 1.165) is 11.3 Å². The first-order valence-corrected chi connectivity index (χ1v) is 12.1. The molecule has 0 aliphatic rings. The van der Waals surface area contributed by atoms with Crippen LogP contribution in [0.25, 0.3) is 0 Å². The normalized spacial score (nSPS) is 10.9. The van der Waals surface area contributed by atoms with Crippen molar-refractivity contribution in [1.29, 1.82) is 0 Å². The summed E-state index contributed by atoms with van der Waals surface area (Å²) in [6.45, 7) is 2.38. The quantitative estimate of drug-likeness (QED) is 0.385. The lowest BCUT2D eigenvalue weighted by atomic mass is 10.2. The lowest BCUT2D eigenvalue weighted by Crippen LogP contribution is -2.16. The van der Waals surface area contributed by atoms with E-state index in [2.05, 4.69) is 10.0 Å². The molecule has 180 valence electrons. The average Bonchev–Trinajstić information content (AvgIpc) is 2.83. The van der Waals surface area contributed by atoms with Gasteiger partial charge in [-0.25, -0.2) is 8.42 Å². The van der Waals surface area contributed by atoms with Crippen LogP contribution in [0.2, 0.25) is 0 Å². The second-order valence-electron chi connectivity index (χ2n) is 7.48. The lowest BCUT2D eigenvalue weighted by Gasteiger charge is -2.14. The van der Waals surface area contributed by atoms with Crippen LogP contribution in [0.4, 0.5) is 11.4 Å². The first-order chi connectivity index (χ1) is 16.3. The van der Waals surface area contributed by atoms with Crippen LogP contribution in [0.3, 0.4) is 0 Å². The molecular formula is C25H28N2O6S. The Balaban J connectivity index is 1.64. The van der Waals surface area contributed by atoms with Crippen molar-refractivity contribution >= 4 is 27.3 Å². The third-order valence-electron chi connectivity index (χ3n) is 4.94. The predicted octanol–water partition coefficient (Wildman–Crippen LogP) is 4.61. The fraction of sp³-hybridized carbons (Fsp3) is 0.240. The number of para-hydroxylation sites is 2. The zero-order chi connectivity index (χ0) is 24.6. The van der Waals surface area contributed by atoms with Crippen LogP contribution in [0.1, 0.15) is 18.4 Å². The smallest absolute Gasteiger partial charge is 0.262 e. The van der Waals surface area contributed by atoms with Crippen molar-refractivity contribution in [2.45, 2.75) is 24.7 Å². The van der Waals surface area contributed by atoms with Gasteiger partial charge in [0.2, 0.25) is 5.91 Å². The molecule has 0 saturated carbocycles. The van der Waals surface area contributed by atoms with E-state index in [4.69, 9.17) is 14.2 Å². The molecule has 1 amide bonds. The van der Waals surface area contributed by atoms with Crippen LogP contribution < -0.4 is 24.2 Å². The Labute approximate surface area is 199 Å². The zero-order valence-corrected chi connectivity index (χ0v) is 20.1. The number of anilines is 2. The number of carbonyl (C=O) groups excluding carboxylic acids is 1. The standard InChI is InChI=1S/C25H28N2O6S/c1-18-10-12-19(13-11-18)33-16-6-9-25(28)26-22-17-20(14-15-24(22)32-3)34(29,30)27-21-7-4-5-8-23(21)31-2/h4-5,7-8,10-15,17,27H,6,9,16H2,1-3H3,(H,26,28). The maximum absolute atomic E-state index is 12.9. The third-order valence-corrected chi connectivity index (χ3v) is 6.31. The molecule has 0 unspecified atom stereocenters. The summed E-state index contributed by atoms with van der Waals surface area (Å²) in [5, 5.41) is 2.73. The SMILES string of the molecule is COc1ccc(S(=O)(=O)Nc2ccccc2OC)cc1NC(=O)CCCOc1ccc(C)cc1. The highest BCUT2D eigenvalue weighted by molar-refractivity contribution is 7.92. The molecule has 3 aromatic carbocycles. The first kappa shape index (κ1) is 24.9. The van der Waals surface area contributed by atoms with Gasteiger partial charge in [-0.2, -0.15) is 0 Å². The fourth-order valence-electron chi connectivity index (χ4n) is 3.15. The number of amides is 1. The number of benzene rings is 3. The van der Waals surface area contributed by atoms with Crippen LogP contribution in [0.15, 0.2) is 71.6 Å². The topological polar surface area (TPSA) is 103 Å². The van der Waals surface area contributed by atoms with Crippen LogP contribution >= 0.6 is 0 Å². The molecule has 0 aromatic heterocycles. The summed E-state index contributed by atoms with van der Waals surface area (Å²) in [6, 6.07) is 18.6. The lowest BCUT2D eigenvalue weighted by molar-refractivity contribution is -0.116. The molecule has 9 heteroatoms. The molecule has 0 spiro atoms. The van der Waals surface area contributed by atoms with E-state index in [9.17, 15) is 13.2 Å². The van der Waals surface area contributed by atoms with Crippen molar-refractivity contribution in [2.75, 3.05) is 30.9 Å². The Bertz CT molecular complexity index is 1230. The van der Waals surface area contributed by atoms with E-state index < -0.39 is 10.0 Å². The highest BCUT2D eigenvalue weighted by atomic mass is 32.2. The van der Waals surface area contributed by atoms with Gasteiger partial charge in [0.15, 0.2) is 0 Å². The Morgan fingerprint density at radius 2 is 1.56 bits per heavy atom. The average molecular weight is 485 g/mol. The summed E-state index contributed by atoms with van der Waals surface area (Å²) in [6.07, 6.45) is 0.695. The molecule has 0 saturated heterocycles. The van der Waals surface area contributed by atoms with E-state index in [1.54, 1.807) is 24.3 Å². The van der Waals surface area contributed by atoms with Crippen molar-refractivity contribution < 1.29 is 27.4 Å². The monoisotopic (exact) mass is 484 g/mol. The number of hydrogen-bond donors (Lipinski definition) is 2. The minimum atomic E-state index is -3.94. The molecule has 2 N–H and O–H groups in total. The van der Waals surface area contributed by atoms with Crippen LogP contribution in [0.5, 0.6) is 17.2 Å². The second kappa shape index (κ2) is 11.4. The van der Waals surface area contributed by atoms with E-state index in [0.29, 0.717) is 30.2 Å². The third kappa shape index (κ3) is 6.64. The minimum Gasteiger partial charge on any atom is -0.495 e. The highest BCUT2D eigenvalue weighted by Gasteiger charge is 2.19. The summed E-state index contributed by atoms with van der Waals surface area (Å²) in [5.74, 6) is 1.20. The van der Waals surface area contributed by atoms with Gasteiger partial charge >= 0.3 is 0 Å². The van der Waals surface area contributed by atoms with Crippen molar-refractivity contribution in [1.82, 2.24) is 0 Å². The van der Waals surface area contributed by atoms with Gasteiger partial charge in [0.1, 0.15) is 17.2 Å². The minimum absolute atomic E-state index is 0.0304. The van der Waals surface area contributed by atoms with Gasteiger partial charge < -0.3 is 19.5 Å². The summed E-state index contributed by atoms with van der Waals surface area (Å²) < 4.78 is 44.5. The molecule has 0 aliphatic heterocycles. The van der Waals surface area contributed by atoms with Gasteiger partial charge in [0.05, 0.1) is 37.1 Å². The maximum atomic E-state index is 12.9. The van der Waals surface area contributed by atoms with Gasteiger partial charge in [0.25, 0.3) is 10.0 Å². The Kier molecular flexibility index (Phi) is 8.37.